The van der Waals surface area contributed by atoms with E-state index in [9.17, 15) is 14.4 Å². The number of carbonyl (C=O) groups excluding carboxylic acids is 2. The third-order valence-electron chi connectivity index (χ3n) is 1.25. The van der Waals surface area contributed by atoms with Gasteiger partial charge in [-0.2, -0.15) is 0 Å². The molecule has 0 aromatic rings. The van der Waals surface area contributed by atoms with Gasteiger partial charge in [0.15, 0.2) is 0 Å². The van der Waals surface area contributed by atoms with Crippen molar-refractivity contribution < 1.29 is 19.5 Å². The van der Waals surface area contributed by atoms with E-state index < -0.39 is 30.2 Å². The molecule has 0 saturated heterocycles. The lowest BCUT2D eigenvalue weighted by atomic mass is 10.2. The highest BCUT2D eigenvalue weighted by atomic mass is 16.4. The van der Waals surface area contributed by atoms with Gasteiger partial charge >= 0.3 is 5.97 Å². The van der Waals surface area contributed by atoms with Gasteiger partial charge in [0.2, 0.25) is 5.91 Å². The summed E-state index contributed by atoms with van der Waals surface area (Å²) in [6.45, 7) is 1.43. The maximum Gasteiger partial charge on any atom is 0.326 e. The number of nitrogens with one attached hydrogen (secondary N) is 1. The third-order valence-corrected chi connectivity index (χ3v) is 1.25. The first-order valence-electron chi connectivity index (χ1n) is 3.71. The van der Waals surface area contributed by atoms with Crippen LogP contribution < -0.4 is 11.1 Å². The van der Waals surface area contributed by atoms with Crippen LogP contribution in [0.25, 0.3) is 0 Å². The standard InChI is InChI=1S/C8H10N2O4/c1-2-3-7(12)10-5(8(13)14)4-6(9)11/h5H,4H2,1H3,(H2,9,11)(H,10,12)(H,13,14)/t5-/m1/s1. The molecule has 2 amide bonds. The van der Waals surface area contributed by atoms with E-state index in [2.05, 4.69) is 11.8 Å². The summed E-state index contributed by atoms with van der Waals surface area (Å²) < 4.78 is 0. The fourth-order valence-corrected chi connectivity index (χ4v) is 0.709. The summed E-state index contributed by atoms with van der Waals surface area (Å²) in [5, 5.41) is 10.6. The number of nitrogens with two attached hydrogens (primary N) is 1. The molecule has 6 nitrogen and oxygen atoms in total. The lowest BCUT2D eigenvalue weighted by molar-refractivity contribution is -0.142. The van der Waals surface area contributed by atoms with E-state index in [0.29, 0.717) is 0 Å². The van der Waals surface area contributed by atoms with Crippen LogP contribution >= 0.6 is 0 Å². The smallest absolute Gasteiger partial charge is 0.326 e. The number of rotatable bonds is 4. The van der Waals surface area contributed by atoms with Crippen molar-refractivity contribution in [1.29, 1.82) is 0 Å². The second-order valence-corrected chi connectivity index (χ2v) is 2.41. The molecule has 0 rings (SSSR count). The minimum absolute atomic E-state index is 0.452. The van der Waals surface area contributed by atoms with E-state index in [0.717, 1.165) is 0 Å². The van der Waals surface area contributed by atoms with Crippen molar-refractivity contribution in [2.45, 2.75) is 19.4 Å². The zero-order valence-corrected chi connectivity index (χ0v) is 7.53. The number of primary amides is 1. The van der Waals surface area contributed by atoms with Crippen molar-refractivity contribution in [2.24, 2.45) is 5.73 Å². The first-order chi connectivity index (χ1) is 6.47. The number of aliphatic carboxylic acids is 1. The summed E-state index contributed by atoms with van der Waals surface area (Å²) in [7, 11) is 0. The summed E-state index contributed by atoms with van der Waals surface area (Å²) in [6.07, 6.45) is -0.452. The zero-order valence-electron chi connectivity index (χ0n) is 7.53. The fourth-order valence-electron chi connectivity index (χ4n) is 0.709. The molecule has 0 unspecified atom stereocenters. The minimum atomic E-state index is -1.32. The molecule has 0 spiro atoms. The molecule has 0 aromatic heterocycles. The van der Waals surface area contributed by atoms with Gasteiger partial charge in [-0.15, -0.1) is 0 Å². The van der Waals surface area contributed by atoms with Crippen LogP contribution in [0, 0.1) is 11.8 Å². The van der Waals surface area contributed by atoms with Crippen LogP contribution in [-0.2, 0) is 14.4 Å². The maximum absolute atomic E-state index is 10.8. The highest BCUT2D eigenvalue weighted by Gasteiger charge is 2.21. The van der Waals surface area contributed by atoms with Crippen molar-refractivity contribution in [2.75, 3.05) is 0 Å². The number of carboxylic acid groups (broad SMARTS) is 1. The van der Waals surface area contributed by atoms with E-state index in [1.54, 1.807) is 0 Å². The Labute approximate surface area is 80.5 Å². The average Bonchev–Trinajstić information content (AvgIpc) is 2.02. The fraction of sp³-hybridized carbons (Fsp3) is 0.375. The molecule has 0 saturated carbocycles. The van der Waals surface area contributed by atoms with Crippen LogP contribution in [0.15, 0.2) is 0 Å². The normalized spacial score (nSPS) is 10.6. The molecule has 0 fully saturated rings. The van der Waals surface area contributed by atoms with Crippen LogP contribution in [0.4, 0.5) is 0 Å². The Bertz CT molecular complexity index is 313. The van der Waals surface area contributed by atoms with Gasteiger partial charge in [-0.25, -0.2) is 4.79 Å². The molecule has 0 radical (unpaired) electrons. The van der Waals surface area contributed by atoms with E-state index in [4.69, 9.17) is 10.8 Å². The second-order valence-electron chi connectivity index (χ2n) is 2.41. The van der Waals surface area contributed by atoms with Gasteiger partial charge in [-0.05, 0) is 12.8 Å². The lowest BCUT2D eigenvalue weighted by Gasteiger charge is -2.09. The lowest BCUT2D eigenvalue weighted by Crippen LogP contribution is -2.42. The van der Waals surface area contributed by atoms with E-state index in [1.807, 2.05) is 5.32 Å². The van der Waals surface area contributed by atoms with Crippen LogP contribution in [0.1, 0.15) is 13.3 Å². The first-order valence-corrected chi connectivity index (χ1v) is 3.71. The summed E-state index contributed by atoms with van der Waals surface area (Å²) in [4.78, 5) is 31.8. The van der Waals surface area contributed by atoms with Gasteiger partial charge in [0, 0.05) is 0 Å². The molecule has 4 N–H and O–H groups in total. The molecule has 0 aliphatic carbocycles. The van der Waals surface area contributed by atoms with Gasteiger partial charge in [-0.1, -0.05) is 5.92 Å². The highest BCUT2D eigenvalue weighted by Crippen LogP contribution is 1.91. The summed E-state index contributed by atoms with van der Waals surface area (Å²) >= 11 is 0. The van der Waals surface area contributed by atoms with Crippen molar-refractivity contribution in [3.8, 4) is 11.8 Å². The number of amides is 2. The van der Waals surface area contributed by atoms with Crippen LogP contribution in [0.3, 0.4) is 0 Å². The largest absolute Gasteiger partial charge is 0.480 e. The third kappa shape index (κ3) is 4.77. The average molecular weight is 198 g/mol. The van der Waals surface area contributed by atoms with Crippen molar-refractivity contribution in [3.63, 3.8) is 0 Å². The van der Waals surface area contributed by atoms with E-state index in [1.165, 1.54) is 6.92 Å². The molecular formula is C8H10N2O4. The maximum atomic E-state index is 10.8. The number of carbonyl (C=O) groups is 3. The molecule has 0 heterocycles. The topological polar surface area (TPSA) is 109 Å². The van der Waals surface area contributed by atoms with Crippen molar-refractivity contribution in [3.05, 3.63) is 0 Å². The molecule has 0 aliphatic heterocycles. The molecule has 1 atom stereocenters. The highest BCUT2D eigenvalue weighted by molar-refractivity contribution is 5.97. The SMILES string of the molecule is CC#CC(=O)N[C@H](CC(N)=O)C(=O)O. The molecule has 0 aromatic carbocycles. The Kier molecular flexibility index (Phi) is 4.78. The zero-order chi connectivity index (χ0) is 11.1. The Morgan fingerprint density at radius 2 is 2.07 bits per heavy atom. The summed E-state index contributed by atoms with van der Waals surface area (Å²) in [6, 6.07) is -1.32. The Morgan fingerprint density at radius 3 is 2.43 bits per heavy atom. The molecule has 14 heavy (non-hydrogen) atoms. The molecule has 6 heteroatoms. The van der Waals surface area contributed by atoms with Gasteiger partial charge in [0.1, 0.15) is 6.04 Å². The van der Waals surface area contributed by atoms with E-state index >= 15 is 0 Å². The van der Waals surface area contributed by atoms with Gasteiger partial charge in [0.05, 0.1) is 6.42 Å². The Balaban J connectivity index is 4.35. The summed E-state index contributed by atoms with van der Waals surface area (Å²) in [5.41, 5.74) is 4.79. The number of hydrogen-bond acceptors (Lipinski definition) is 3. The van der Waals surface area contributed by atoms with Gasteiger partial charge in [-0.3, -0.25) is 9.59 Å². The molecular weight excluding hydrogens is 188 g/mol. The second kappa shape index (κ2) is 5.59. The Morgan fingerprint density at radius 1 is 1.50 bits per heavy atom. The predicted molar refractivity (Wildman–Crippen MR) is 46.8 cm³/mol. The van der Waals surface area contributed by atoms with Crippen LogP contribution in [0.5, 0.6) is 0 Å². The first kappa shape index (κ1) is 12.0. The molecule has 76 valence electrons. The number of carboxylic acids is 1. The van der Waals surface area contributed by atoms with Crippen LogP contribution in [0.2, 0.25) is 0 Å². The number of hydrogen-bond donors (Lipinski definition) is 3. The molecule has 0 bridgehead atoms. The quantitative estimate of drug-likeness (QED) is 0.475. The van der Waals surface area contributed by atoms with Crippen molar-refractivity contribution >= 4 is 17.8 Å². The van der Waals surface area contributed by atoms with E-state index in [-0.39, 0.29) is 0 Å². The van der Waals surface area contributed by atoms with Crippen molar-refractivity contribution in [1.82, 2.24) is 5.32 Å². The van der Waals surface area contributed by atoms with Gasteiger partial charge < -0.3 is 16.2 Å². The predicted octanol–water partition coefficient (Wildman–Crippen LogP) is -1.55. The van der Waals surface area contributed by atoms with Crippen LogP contribution in [-0.4, -0.2) is 28.9 Å². The Hall–Kier alpha value is -2.03. The monoisotopic (exact) mass is 198 g/mol. The minimum Gasteiger partial charge on any atom is -0.480 e. The summed E-state index contributed by atoms with van der Waals surface area (Å²) in [5.74, 6) is 1.51. The van der Waals surface area contributed by atoms with Gasteiger partial charge in [0.25, 0.3) is 5.91 Å². The molecule has 0 aliphatic rings.